The standard InChI is InChI=1S/C22H27FO6S/c1-22(11-15-9-16(22)20-13-3-2-12(8-13)19(15)20)29-18-10-14(4-5-17(18)23)21(24)28-6-7-30(25,26)27/h4-5,10,12-13,15-16,19-20H,2-3,6-9,11H2,1H3,(H,25,26,27). The first kappa shape index (κ1) is 20.2. The van der Waals surface area contributed by atoms with Gasteiger partial charge in [0.1, 0.15) is 18.0 Å². The van der Waals surface area contributed by atoms with E-state index in [2.05, 4.69) is 6.92 Å². The maximum Gasteiger partial charge on any atom is 0.338 e. The van der Waals surface area contributed by atoms with Crippen LogP contribution >= 0.6 is 0 Å². The third-order valence-corrected chi connectivity index (χ3v) is 8.83. The minimum atomic E-state index is -4.22. The van der Waals surface area contributed by atoms with Crippen molar-refractivity contribution >= 4 is 16.1 Å². The summed E-state index contributed by atoms with van der Waals surface area (Å²) in [6.45, 7) is 1.61. The van der Waals surface area contributed by atoms with Gasteiger partial charge in [-0.3, -0.25) is 4.55 Å². The molecule has 0 heterocycles. The molecule has 0 aromatic heterocycles. The topological polar surface area (TPSA) is 89.9 Å². The predicted molar refractivity (Wildman–Crippen MR) is 106 cm³/mol. The summed E-state index contributed by atoms with van der Waals surface area (Å²) >= 11 is 0. The summed E-state index contributed by atoms with van der Waals surface area (Å²) in [5.41, 5.74) is -0.351. The molecule has 8 heteroatoms. The molecule has 4 bridgehead atoms. The van der Waals surface area contributed by atoms with Crippen LogP contribution in [0.4, 0.5) is 4.39 Å². The van der Waals surface area contributed by atoms with E-state index in [1.165, 1.54) is 37.5 Å². The van der Waals surface area contributed by atoms with Gasteiger partial charge in [-0.05, 0) is 86.8 Å². The molecule has 6 nitrogen and oxygen atoms in total. The van der Waals surface area contributed by atoms with Crippen LogP contribution in [0.5, 0.6) is 5.75 Å². The lowest BCUT2D eigenvalue weighted by atomic mass is 9.66. The van der Waals surface area contributed by atoms with Crippen LogP contribution in [-0.4, -0.2) is 36.9 Å². The summed E-state index contributed by atoms with van der Waals surface area (Å²) in [6.07, 6.45) is 6.09. The third-order valence-electron chi connectivity index (χ3n) is 8.15. The van der Waals surface area contributed by atoms with Crippen LogP contribution in [0.2, 0.25) is 0 Å². The highest BCUT2D eigenvalue weighted by atomic mass is 32.2. The van der Waals surface area contributed by atoms with Crippen molar-refractivity contribution in [3.8, 4) is 5.75 Å². The summed E-state index contributed by atoms with van der Waals surface area (Å²) in [7, 11) is -4.22. The second-order valence-corrected chi connectivity index (χ2v) is 11.3. The second kappa shape index (κ2) is 6.92. The maximum absolute atomic E-state index is 14.5. The van der Waals surface area contributed by atoms with Crippen LogP contribution in [0.15, 0.2) is 18.2 Å². The zero-order chi connectivity index (χ0) is 21.3. The molecule has 4 aliphatic rings. The van der Waals surface area contributed by atoms with Gasteiger partial charge in [0.25, 0.3) is 10.1 Å². The Kier molecular flexibility index (Phi) is 4.67. The minimum absolute atomic E-state index is 0.0361. The maximum atomic E-state index is 14.5. The van der Waals surface area contributed by atoms with Gasteiger partial charge in [-0.15, -0.1) is 0 Å². The van der Waals surface area contributed by atoms with Crippen LogP contribution in [-0.2, 0) is 14.9 Å². The van der Waals surface area contributed by atoms with Crippen molar-refractivity contribution in [3.05, 3.63) is 29.6 Å². The highest BCUT2D eigenvalue weighted by Crippen LogP contribution is 2.70. The lowest BCUT2D eigenvalue weighted by Crippen LogP contribution is -2.46. The number of hydrogen-bond acceptors (Lipinski definition) is 5. The molecule has 4 fully saturated rings. The van der Waals surface area contributed by atoms with E-state index in [4.69, 9.17) is 14.0 Å². The van der Waals surface area contributed by atoms with E-state index in [0.717, 1.165) is 30.6 Å². The molecule has 0 aliphatic heterocycles. The Labute approximate surface area is 175 Å². The number of hydrogen-bond donors (Lipinski definition) is 1. The predicted octanol–water partition coefficient (Wildman–Crippen LogP) is 3.71. The third kappa shape index (κ3) is 3.32. The van der Waals surface area contributed by atoms with E-state index in [1.54, 1.807) is 0 Å². The number of carbonyl (C=O) groups excluding carboxylic acids is 1. The van der Waals surface area contributed by atoms with Gasteiger partial charge in [0, 0.05) is 5.92 Å². The molecule has 4 saturated carbocycles. The number of esters is 1. The SMILES string of the molecule is CC1(Oc2cc(C(=O)OCCS(=O)(=O)O)ccc2F)CC2CC1C1C3CCC(C3)C21. The Balaban J connectivity index is 1.31. The molecule has 164 valence electrons. The second-order valence-electron chi connectivity index (χ2n) is 9.78. The molecular weight excluding hydrogens is 411 g/mol. The molecule has 1 N–H and O–H groups in total. The molecular formula is C22H27FO6S. The first-order chi connectivity index (χ1) is 14.1. The van der Waals surface area contributed by atoms with Gasteiger partial charge >= 0.3 is 5.97 Å². The Bertz CT molecular complexity index is 978. The molecule has 30 heavy (non-hydrogen) atoms. The van der Waals surface area contributed by atoms with Crippen molar-refractivity contribution in [2.75, 3.05) is 12.4 Å². The minimum Gasteiger partial charge on any atom is -0.484 e. The van der Waals surface area contributed by atoms with Crippen LogP contribution in [0.1, 0.15) is 49.4 Å². The Morgan fingerprint density at radius 2 is 1.93 bits per heavy atom. The summed E-state index contributed by atoms with van der Waals surface area (Å²) in [6, 6.07) is 3.79. The molecule has 1 aromatic carbocycles. The zero-order valence-electron chi connectivity index (χ0n) is 16.9. The summed E-state index contributed by atoms with van der Waals surface area (Å²) in [4.78, 5) is 12.2. The van der Waals surface area contributed by atoms with E-state index >= 15 is 0 Å². The first-order valence-electron chi connectivity index (χ1n) is 10.8. The van der Waals surface area contributed by atoms with Crippen molar-refractivity contribution in [1.29, 1.82) is 0 Å². The van der Waals surface area contributed by atoms with Gasteiger partial charge in [-0.25, -0.2) is 9.18 Å². The zero-order valence-corrected chi connectivity index (χ0v) is 17.7. The van der Waals surface area contributed by atoms with Gasteiger partial charge in [0.15, 0.2) is 11.6 Å². The van der Waals surface area contributed by atoms with Gasteiger partial charge in [-0.2, -0.15) is 8.42 Å². The fourth-order valence-corrected chi connectivity index (χ4v) is 7.56. The first-order valence-corrected chi connectivity index (χ1v) is 12.4. The smallest absolute Gasteiger partial charge is 0.338 e. The molecule has 0 saturated heterocycles. The fraction of sp³-hybridized carbons (Fsp3) is 0.682. The van der Waals surface area contributed by atoms with Crippen molar-refractivity contribution in [2.45, 2.75) is 44.6 Å². The lowest BCUT2D eigenvalue weighted by molar-refractivity contribution is -0.0325. The average molecular weight is 439 g/mol. The normalized spacial score (nSPS) is 38.6. The Morgan fingerprint density at radius 3 is 2.67 bits per heavy atom. The highest BCUT2D eigenvalue weighted by molar-refractivity contribution is 7.85. The van der Waals surface area contributed by atoms with Crippen LogP contribution in [0.3, 0.4) is 0 Å². The van der Waals surface area contributed by atoms with E-state index in [1.807, 2.05) is 0 Å². The highest BCUT2D eigenvalue weighted by Gasteiger charge is 2.66. The number of fused-ring (bicyclic) bond motifs is 9. The van der Waals surface area contributed by atoms with Gasteiger partial charge in [0.05, 0.1) is 5.56 Å². The van der Waals surface area contributed by atoms with E-state index in [9.17, 15) is 17.6 Å². The Morgan fingerprint density at radius 1 is 1.20 bits per heavy atom. The molecule has 5 rings (SSSR count). The van der Waals surface area contributed by atoms with E-state index in [0.29, 0.717) is 17.8 Å². The molecule has 1 aromatic rings. The van der Waals surface area contributed by atoms with E-state index in [-0.39, 0.29) is 11.3 Å². The molecule has 4 aliphatic carbocycles. The molecule has 0 spiro atoms. The van der Waals surface area contributed by atoms with Crippen molar-refractivity contribution in [1.82, 2.24) is 0 Å². The molecule has 0 amide bonds. The monoisotopic (exact) mass is 438 g/mol. The molecule has 7 unspecified atom stereocenters. The fourth-order valence-electron chi connectivity index (χ4n) is 7.26. The van der Waals surface area contributed by atoms with Crippen molar-refractivity contribution in [3.63, 3.8) is 0 Å². The van der Waals surface area contributed by atoms with Crippen molar-refractivity contribution in [2.24, 2.45) is 35.5 Å². The van der Waals surface area contributed by atoms with Crippen LogP contribution in [0.25, 0.3) is 0 Å². The molecule has 7 atom stereocenters. The van der Waals surface area contributed by atoms with Gasteiger partial charge in [0.2, 0.25) is 0 Å². The van der Waals surface area contributed by atoms with Gasteiger partial charge < -0.3 is 9.47 Å². The van der Waals surface area contributed by atoms with Crippen LogP contribution in [0, 0.1) is 41.3 Å². The number of halogens is 1. The average Bonchev–Trinajstić information content (AvgIpc) is 3.40. The largest absolute Gasteiger partial charge is 0.484 e. The number of benzene rings is 1. The number of carbonyl (C=O) groups is 1. The van der Waals surface area contributed by atoms with Crippen LogP contribution < -0.4 is 4.74 Å². The van der Waals surface area contributed by atoms with E-state index < -0.39 is 39.9 Å². The Hall–Kier alpha value is -1.67. The summed E-state index contributed by atoms with van der Waals surface area (Å²) in [5.74, 6) is 2.27. The summed E-state index contributed by atoms with van der Waals surface area (Å²) < 4.78 is 55.9. The number of rotatable bonds is 6. The lowest BCUT2D eigenvalue weighted by Gasteiger charge is -2.44. The van der Waals surface area contributed by atoms with Crippen molar-refractivity contribution < 1.29 is 31.6 Å². The molecule has 0 radical (unpaired) electrons. The summed E-state index contributed by atoms with van der Waals surface area (Å²) in [5, 5.41) is 0. The van der Waals surface area contributed by atoms with Gasteiger partial charge in [-0.1, -0.05) is 0 Å². The number of ether oxygens (including phenoxy) is 2. The quantitative estimate of drug-likeness (QED) is 0.414.